The van der Waals surface area contributed by atoms with Gasteiger partial charge in [-0.1, -0.05) is 66.7 Å². The molecule has 0 radical (unpaired) electrons. The molecule has 22 heavy (non-hydrogen) atoms. The van der Waals surface area contributed by atoms with E-state index in [4.69, 9.17) is 0 Å². The lowest BCUT2D eigenvalue weighted by Crippen LogP contribution is -2.21. The van der Waals surface area contributed by atoms with Crippen LogP contribution in [0.25, 0.3) is 0 Å². The van der Waals surface area contributed by atoms with E-state index in [1.165, 1.54) is 0 Å². The summed E-state index contributed by atoms with van der Waals surface area (Å²) in [4.78, 5) is 0. The fraction of sp³-hybridized carbons (Fsp3) is 0.0526. The summed E-state index contributed by atoms with van der Waals surface area (Å²) in [7, 11) is 2.81. The molecular weight excluding hydrogens is 291 g/mol. The van der Waals surface area contributed by atoms with Gasteiger partial charge in [-0.05, 0) is 17.7 Å². The van der Waals surface area contributed by atoms with E-state index in [1.54, 1.807) is 24.3 Å². The highest BCUT2D eigenvalue weighted by Gasteiger charge is 2.35. The number of rotatable bonds is 3. The first-order chi connectivity index (χ1) is 10.6. The molecule has 0 saturated carbocycles. The minimum absolute atomic E-state index is 0.199. The summed E-state index contributed by atoms with van der Waals surface area (Å²) in [5.74, 6) is 0.397. The van der Waals surface area contributed by atoms with E-state index in [1.807, 2.05) is 54.6 Å². The van der Waals surface area contributed by atoms with Crippen molar-refractivity contribution in [2.45, 2.75) is 5.16 Å². The molecule has 0 amide bonds. The van der Waals surface area contributed by atoms with Crippen molar-refractivity contribution >= 4 is 9.24 Å². The van der Waals surface area contributed by atoms with Crippen molar-refractivity contribution in [2.24, 2.45) is 0 Å². The van der Waals surface area contributed by atoms with Crippen molar-refractivity contribution in [2.75, 3.05) is 0 Å². The Bertz CT molecular complexity index is 739. The Balaban J connectivity index is 2.33. The van der Waals surface area contributed by atoms with Crippen LogP contribution in [0.3, 0.4) is 0 Å². The highest BCUT2D eigenvalue weighted by molar-refractivity contribution is 7.19. The van der Waals surface area contributed by atoms with Gasteiger partial charge in [0, 0.05) is 11.1 Å². The van der Waals surface area contributed by atoms with E-state index in [-0.39, 0.29) is 11.5 Å². The molecule has 3 aromatic rings. The lowest BCUT2D eigenvalue weighted by molar-refractivity contribution is 0.455. The molecule has 1 unspecified atom stereocenters. The van der Waals surface area contributed by atoms with Gasteiger partial charge >= 0.3 is 0 Å². The molecule has 0 aliphatic carbocycles. The summed E-state index contributed by atoms with van der Waals surface area (Å²) in [5, 5.41) is 20.0. The number of hydrogen-bond donors (Lipinski definition) is 2. The van der Waals surface area contributed by atoms with Crippen LogP contribution in [0.4, 0.5) is 0 Å². The fourth-order valence-electron chi connectivity index (χ4n) is 2.77. The molecule has 0 bridgehead atoms. The van der Waals surface area contributed by atoms with Crippen LogP contribution in [0.2, 0.25) is 0 Å². The average Bonchev–Trinajstić information content (AvgIpc) is 2.56. The third-order valence-corrected chi connectivity index (χ3v) is 4.84. The van der Waals surface area contributed by atoms with Crippen molar-refractivity contribution in [3.63, 3.8) is 0 Å². The summed E-state index contributed by atoms with van der Waals surface area (Å²) in [5.41, 5.74) is 2.43. The van der Waals surface area contributed by atoms with Gasteiger partial charge in [-0.25, -0.2) is 0 Å². The summed E-state index contributed by atoms with van der Waals surface area (Å²) < 4.78 is 0. The number of para-hydroxylation sites is 2. The first-order valence-electron chi connectivity index (χ1n) is 7.05. The molecule has 3 heteroatoms. The first-order valence-corrected chi connectivity index (χ1v) is 7.63. The Hall–Kier alpha value is -2.31. The zero-order chi connectivity index (χ0) is 15.6. The fourth-order valence-corrected chi connectivity index (χ4v) is 3.45. The molecule has 0 fully saturated rings. The predicted octanol–water partition coefficient (Wildman–Crippen LogP) is 4.26. The van der Waals surface area contributed by atoms with Crippen molar-refractivity contribution < 1.29 is 10.2 Å². The van der Waals surface area contributed by atoms with Crippen molar-refractivity contribution in [3.05, 3.63) is 95.6 Å². The standard InChI is InChI=1S/C19H17O2P/c20-17-12-6-4-10-15(17)19(22,14-8-2-1-3-9-14)16-11-5-7-13-18(16)21/h1-13,20-21H,22H2. The SMILES string of the molecule is Oc1ccccc1C(P)(c1ccccc1)c1ccccc1O. The van der Waals surface area contributed by atoms with Crippen LogP contribution >= 0.6 is 9.24 Å². The first kappa shape index (κ1) is 14.6. The monoisotopic (exact) mass is 308 g/mol. The van der Waals surface area contributed by atoms with Crippen LogP contribution in [0.1, 0.15) is 16.7 Å². The van der Waals surface area contributed by atoms with E-state index in [0.29, 0.717) is 0 Å². The maximum absolute atomic E-state index is 10.4. The number of aromatic hydroxyl groups is 2. The lowest BCUT2D eigenvalue weighted by Gasteiger charge is -2.32. The minimum atomic E-state index is -0.724. The largest absolute Gasteiger partial charge is 0.508 e. The van der Waals surface area contributed by atoms with Crippen LogP contribution < -0.4 is 0 Å². The Morgan fingerprint density at radius 2 is 1.00 bits per heavy atom. The molecular formula is C19H17O2P. The van der Waals surface area contributed by atoms with Gasteiger partial charge in [-0.2, -0.15) is 0 Å². The second-order valence-corrected chi connectivity index (χ2v) is 6.07. The van der Waals surface area contributed by atoms with Crippen molar-refractivity contribution in [3.8, 4) is 11.5 Å². The van der Waals surface area contributed by atoms with Crippen LogP contribution in [0.15, 0.2) is 78.9 Å². The molecule has 2 N–H and O–H groups in total. The van der Waals surface area contributed by atoms with Crippen LogP contribution in [-0.2, 0) is 5.16 Å². The third kappa shape index (κ3) is 2.36. The van der Waals surface area contributed by atoms with Crippen LogP contribution in [0.5, 0.6) is 11.5 Å². The van der Waals surface area contributed by atoms with E-state index < -0.39 is 5.16 Å². The topological polar surface area (TPSA) is 40.5 Å². The normalized spacial score (nSPS) is 11.3. The maximum Gasteiger partial charge on any atom is 0.120 e. The number of phenolic OH excluding ortho intramolecular Hbond substituents is 2. The van der Waals surface area contributed by atoms with Crippen molar-refractivity contribution in [1.82, 2.24) is 0 Å². The number of phenols is 2. The van der Waals surface area contributed by atoms with Crippen LogP contribution in [-0.4, -0.2) is 10.2 Å². The zero-order valence-corrected chi connectivity index (χ0v) is 13.1. The molecule has 3 aromatic carbocycles. The number of benzene rings is 3. The molecule has 0 saturated heterocycles. The van der Waals surface area contributed by atoms with Gasteiger partial charge in [-0.15, -0.1) is 9.24 Å². The molecule has 110 valence electrons. The molecule has 0 spiro atoms. The average molecular weight is 308 g/mol. The summed E-state index contributed by atoms with van der Waals surface area (Å²) >= 11 is 0. The molecule has 0 aromatic heterocycles. The smallest absolute Gasteiger partial charge is 0.120 e. The summed E-state index contributed by atoms with van der Waals surface area (Å²) in [6.45, 7) is 0. The quantitative estimate of drug-likeness (QED) is 0.560. The Morgan fingerprint density at radius 3 is 1.45 bits per heavy atom. The van der Waals surface area contributed by atoms with Gasteiger partial charge in [-0.3, -0.25) is 0 Å². The van der Waals surface area contributed by atoms with E-state index in [9.17, 15) is 10.2 Å². The Morgan fingerprint density at radius 1 is 0.591 bits per heavy atom. The van der Waals surface area contributed by atoms with Gasteiger partial charge in [0.25, 0.3) is 0 Å². The third-order valence-electron chi connectivity index (χ3n) is 3.89. The van der Waals surface area contributed by atoms with Gasteiger partial charge < -0.3 is 10.2 Å². The second kappa shape index (κ2) is 5.82. The number of hydrogen-bond acceptors (Lipinski definition) is 2. The molecule has 0 heterocycles. The van der Waals surface area contributed by atoms with Gasteiger partial charge in [0.2, 0.25) is 0 Å². The van der Waals surface area contributed by atoms with Gasteiger partial charge in [0.1, 0.15) is 11.5 Å². The highest BCUT2D eigenvalue weighted by Crippen LogP contribution is 2.50. The van der Waals surface area contributed by atoms with Crippen molar-refractivity contribution in [1.29, 1.82) is 0 Å². The van der Waals surface area contributed by atoms with E-state index >= 15 is 0 Å². The molecule has 0 aliphatic rings. The summed E-state index contributed by atoms with van der Waals surface area (Å²) in [6, 6.07) is 24.3. The van der Waals surface area contributed by atoms with E-state index in [2.05, 4.69) is 9.24 Å². The Labute approximate surface area is 132 Å². The van der Waals surface area contributed by atoms with Gasteiger partial charge in [0.15, 0.2) is 0 Å². The molecule has 0 aliphatic heterocycles. The zero-order valence-electron chi connectivity index (χ0n) is 12.0. The molecule has 3 rings (SSSR count). The minimum Gasteiger partial charge on any atom is -0.508 e. The lowest BCUT2D eigenvalue weighted by atomic mass is 9.83. The highest BCUT2D eigenvalue weighted by atomic mass is 31.0. The molecule has 1 atom stereocenters. The predicted molar refractivity (Wildman–Crippen MR) is 92.2 cm³/mol. The second-order valence-electron chi connectivity index (χ2n) is 5.21. The summed E-state index contributed by atoms with van der Waals surface area (Å²) in [6.07, 6.45) is 0. The van der Waals surface area contributed by atoms with E-state index in [0.717, 1.165) is 16.7 Å². The van der Waals surface area contributed by atoms with Crippen LogP contribution in [0, 0.1) is 0 Å². The molecule has 2 nitrogen and oxygen atoms in total. The Kier molecular flexibility index (Phi) is 3.87. The van der Waals surface area contributed by atoms with Gasteiger partial charge in [0.05, 0.1) is 5.16 Å². The maximum atomic E-state index is 10.4.